The van der Waals surface area contributed by atoms with Crippen molar-refractivity contribution in [2.45, 2.75) is 0 Å². The molecule has 2 heterocycles. The second kappa shape index (κ2) is 4.66. The Morgan fingerprint density at radius 3 is 2.63 bits per heavy atom. The van der Waals surface area contributed by atoms with Crippen molar-refractivity contribution >= 4 is 17.0 Å². The zero-order valence-electron chi connectivity index (χ0n) is 9.83. The van der Waals surface area contributed by atoms with E-state index in [1.54, 1.807) is 12.1 Å². The van der Waals surface area contributed by atoms with Crippen molar-refractivity contribution in [3.8, 4) is 22.0 Å². The number of nitrogens with zero attached hydrogens (tertiary/aromatic N) is 2. The molecule has 0 saturated carbocycles. The Morgan fingerprint density at radius 1 is 1.11 bits per heavy atom. The first-order chi connectivity index (χ1) is 9.25. The normalized spacial score (nSPS) is 10.5. The topological polar surface area (TPSA) is 84.7 Å². The van der Waals surface area contributed by atoms with Crippen molar-refractivity contribution in [2.75, 3.05) is 5.73 Å². The van der Waals surface area contributed by atoms with Crippen molar-refractivity contribution < 1.29 is 0 Å². The van der Waals surface area contributed by atoms with Crippen LogP contribution in [0.1, 0.15) is 0 Å². The van der Waals surface area contributed by atoms with E-state index in [4.69, 9.17) is 5.73 Å². The molecule has 0 fully saturated rings. The smallest absolute Gasteiger partial charge is 0.278 e. The average molecular weight is 270 g/mol. The zero-order valence-corrected chi connectivity index (χ0v) is 10.6. The molecule has 3 aromatic rings. The van der Waals surface area contributed by atoms with E-state index in [2.05, 4.69) is 15.2 Å². The predicted molar refractivity (Wildman–Crippen MR) is 75.8 cm³/mol. The maximum atomic E-state index is 12.0. The van der Waals surface area contributed by atoms with Gasteiger partial charge in [-0.25, -0.2) is 0 Å². The number of benzene rings is 1. The van der Waals surface area contributed by atoms with Crippen LogP contribution >= 0.6 is 11.3 Å². The number of hydrogen-bond acceptors (Lipinski definition) is 5. The molecule has 0 unspecified atom stereocenters. The van der Waals surface area contributed by atoms with Gasteiger partial charge < -0.3 is 10.7 Å². The summed E-state index contributed by atoms with van der Waals surface area (Å²) in [4.78, 5) is 15.5. The van der Waals surface area contributed by atoms with Crippen molar-refractivity contribution in [3.63, 3.8) is 0 Å². The molecule has 0 atom stereocenters. The molecule has 94 valence electrons. The van der Waals surface area contributed by atoms with E-state index < -0.39 is 0 Å². The summed E-state index contributed by atoms with van der Waals surface area (Å²) in [5.74, 6) is 0.378. The van der Waals surface area contributed by atoms with Gasteiger partial charge >= 0.3 is 0 Å². The third-order valence-corrected chi connectivity index (χ3v) is 3.54. The minimum atomic E-state index is -0.268. The van der Waals surface area contributed by atoms with Gasteiger partial charge in [0.15, 0.2) is 11.5 Å². The Balaban J connectivity index is 2.11. The van der Waals surface area contributed by atoms with E-state index in [1.165, 1.54) is 11.3 Å². The Bertz CT molecular complexity index is 764. The van der Waals surface area contributed by atoms with E-state index in [1.807, 2.05) is 29.6 Å². The molecule has 0 bridgehead atoms. The first kappa shape index (κ1) is 11.6. The number of aromatic amines is 1. The summed E-state index contributed by atoms with van der Waals surface area (Å²) in [5.41, 5.74) is 7.13. The van der Waals surface area contributed by atoms with Gasteiger partial charge in [-0.2, -0.15) is 0 Å². The summed E-state index contributed by atoms with van der Waals surface area (Å²) in [5, 5.41) is 9.94. The highest BCUT2D eigenvalue weighted by molar-refractivity contribution is 7.13. The van der Waals surface area contributed by atoms with E-state index >= 15 is 0 Å². The molecule has 0 aliphatic rings. The van der Waals surface area contributed by atoms with Gasteiger partial charge in [0.1, 0.15) is 0 Å². The Hall–Kier alpha value is -2.47. The zero-order chi connectivity index (χ0) is 13.2. The SMILES string of the molecule is Nc1ccccc1-c1nnc(-c2cccs2)c(=O)[nH]1. The van der Waals surface area contributed by atoms with Crippen LogP contribution in [0.5, 0.6) is 0 Å². The Kier molecular flexibility index (Phi) is 2.85. The van der Waals surface area contributed by atoms with E-state index in [9.17, 15) is 4.79 Å². The molecule has 0 spiro atoms. The molecule has 3 rings (SSSR count). The monoisotopic (exact) mass is 270 g/mol. The molecule has 0 amide bonds. The molecular formula is C13H10N4OS. The molecule has 2 aromatic heterocycles. The summed E-state index contributed by atoms with van der Waals surface area (Å²) >= 11 is 1.45. The standard InChI is InChI=1S/C13H10N4OS/c14-9-5-2-1-4-8(9)12-15-13(18)11(16-17-12)10-6-3-7-19-10/h1-7H,14H2,(H,15,17,18). The molecule has 5 nitrogen and oxygen atoms in total. The van der Waals surface area contributed by atoms with Crippen LogP contribution in [0.3, 0.4) is 0 Å². The number of H-pyrrole nitrogens is 1. The van der Waals surface area contributed by atoms with Crippen molar-refractivity contribution in [2.24, 2.45) is 0 Å². The molecular weight excluding hydrogens is 260 g/mol. The fourth-order valence-corrected chi connectivity index (χ4v) is 2.45. The van der Waals surface area contributed by atoms with E-state index in [0.29, 0.717) is 22.8 Å². The molecule has 0 radical (unpaired) electrons. The highest BCUT2D eigenvalue weighted by Crippen LogP contribution is 2.22. The summed E-state index contributed by atoms with van der Waals surface area (Å²) in [7, 11) is 0. The summed E-state index contributed by atoms with van der Waals surface area (Å²) in [6, 6.07) is 10.9. The first-order valence-corrected chi connectivity index (χ1v) is 6.49. The van der Waals surface area contributed by atoms with Crippen LogP contribution in [-0.4, -0.2) is 15.2 Å². The van der Waals surface area contributed by atoms with Crippen LogP contribution in [-0.2, 0) is 0 Å². The Labute approximate surface area is 112 Å². The van der Waals surface area contributed by atoms with Gasteiger partial charge in [-0.05, 0) is 23.6 Å². The predicted octanol–water partition coefficient (Wildman–Crippen LogP) is 2.14. The number of hydrogen-bond donors (Lipinski definition) is 2. The maximum absolute atomic E-state index is 12.0. The lowest BCUT2D eigenvalue weighted by molar-refractivity contribution is 0.966. The van der Waals surface area contributed by atoms with Crippen molar-refractivity contribution in [1.82, 2.24) is 15.2 Å². The molecule has 0 saturated heterocycles. The van der Waals surface area contributed by atoms with Crippen LogP contribution in [0.15, 0.2) is 46.6 Å². The van der Waals surface area contributed by atoms with Crippen LogP contribution in [0.25, 0.3) is 22.0 Å². The highest BCUT2D eigenvalue weighted by Gasteiger charge is 2.10. The largest absolute Gasteiger partial charge is 0.398 e. The van der Waals surface area contributed by atoms with Crippen LogP contribution in [0, 0.1) is 0 Å². The number of aromatic nitrogens is 3. The fourth-order valence-electron chi connectivity index (χ4n) is 1.75. The number of rotatable bonds is 2. The van der Waals surface area contributed by atoms with Crippen molar-refractivity contribution in [1.29, 1.82) is 0 Å². The van der Waals surface area contributed by atoms with Gasteiger partial charge in [0.25, 0.3) is 5.56 Å². The van der Waals surface area contributed by atoms with Gasteiger partial charge in [-0.1, -0.05) is 18.2 Å². The van der Waals surface area contributed by atoms with Gasteiger partial charge in [-0.15, -0.1) is 21.5 Å². The first-order valence-electron chi connectivity index (χ1n) is 5.61. The number of anilines is 1. The summed E-state index contributed by atoms with van der Waals surface area (Å²) < 4.78 is 0. The number of para-hydroxylation sites is 1. The molecule has 6 heteroatoms. The number of thiophene rings is 1. The lowest BCUT2D eigenvalue weighted by Gasteiger charge is -2.03. The number of nitrogens with two attached hydrogens (primary N) is 1. The van der Waals surface area contributed by atoms with Crippen molar-refractivity contribution in [3.05, 3.63) is 52.1 Å². The maximum Gasteiger partial charge on any atom is 0.278 e. The number of nitrogen functional groups attached to an aromatic ring is 1. The van der Waals surface area contributed by atoms with Gasteiger partial charge in [0, 0.05) is 11.3 Å². The van der Waals surface area contributed by atoms with Crippen LogP contribution < -0.4 is 11.3 Å². The second-order valence-electron chi connectivity index (χ2n) is 3.92. The molecule has 0 aliphatic heterocycles. The van der Waals surface area contributed by atoms with E-state index in [-0.39, 0.29) is 5.56 Å². The minimum Gasteiger partial charge on any atom is -0.398 e. The van der Waals surface area contributed by atoms with Gasteiger partial charge in [-0.3, -0.25) is 4.79 Å². The molecule has 19 heavy (non-hydrogen) atoms. The lowest BCUT2D eigenvalue weighted by atomic mass is 10.2. The quantitative estimate of drug-likeness (QED) is 0.699. The van der Waals surface area contributed by atoms with E-state index in [0.717, 1.165) is 4.88 Å². The second-order valence-corrected chi connectivity index (χ2v) is 4.86. The summed E-state index contributed by atoms with van der Waals surface area (Å²) in [6.45, 7) is 0. The molecule has 1 aromatic carbocycles. The third-order valence-electron chi connectivity index (χ3n) is 2.67. The van der Waals surface area contributed by atoms with Gasteiger partial charge in [0.05, 0.1) is 4.88 Å². The lowest BCUT2D eigenvalue weighted by Crippen LogP contribution is -2.14. The number of nitrogens with one attached hydrogen (secondary N) is 1. The Morgan fingerprint density at radius 2 is 1.95 bits per heavy atom. The minimum absolute atomic E-state index is 0.268. The summed E-state index contributed by atoms with van der Waals surface area (Å²) in [6.07, 6.45) is 0. The third kappa shape index (κ3) is 2.13. The van der Waals surface area contributed by atoms with Gasteiger partial charge in [0.2, 0.25) is 0 Å². The molecule has 3 N–H and O–H groups in total. The van der Waals surface area contributed by atoms with Crippen LogP contribution in [0.4, 0.5) is 5.69 Å². The fraction of sp³-hybridized carbons (Fsp3) is 0. The van der Waals surface area contributed by atoms with Crippen LogP contribution in [0.2, 0.25) is 0 Å². The molecule has 0 aliphatic carbocycles. The average Bonchev–Trinajstić information content (AvgIpc) is 2.93. The highest BCUT2D eigenvalue weighted by atomic mass is 32.1.